The summed E-state index contributed by atoms with van der Waals surface area (Å²) >= 11 is 3.73. The third kappa shape index (κ3) is 3.58. The van der Waals surface area contributed by atoms with E-state index < -0.39 is 0 Å². The van der Waals surface area contributed by atoms with Gasteiger partial charge in [0, 0.05) is 0 Å². The Labute approximate surface area is 161 Å². The summed E-state index contributed by atoms with van der Waals surface area (Å²) in [6.45, 7) is 0.884. The summed E-state index contributed by atoms with van der Waals surface area (Å²) in [6.07, 6.45) is 0. The standard InChI is InChI=1S/C21H18N2Se2/c24-21-22(15-17-9-3-1-4-10-17)19-13-7-8-14-20(19)23(21)16-25-18-11-5-2-6-12-18/h1-14H,15-16H2. The van der Waals surface area contributed by atoms with Crippen LogP contribution in [-0.4, -0.2) is 39.7 Å². The summed E-state index contributed by atoms with van der Waals surface area (Å²) in [5, 5.41) is 0. The molecule has 1 heterocycles. The van der Waals surface area contributed by atoms with Crippen molar-refractivity contribution in [3.05, 3.63) is 94.8 Å². The van der Waals surface area contributed by atoms with Crippen molar-refractivity contribution < 1.29 is 0 Å². The Kier molecular flexibility index (Phi) is 5.05. The molecule has 0 saturated carbocycles. The molecule has 0 aliphatic carbocycles. The molecule has 0 aliphatic heterocycles. The Morgan fingerprint density at radius 3 is 1.92 bits per heavy atom. The second kappa shape index (κ2) is 7.59. The monoisotopic (exact) mass is 458 g/mol. The number of imidazole rings is 1. The van der Waals surface area contributed by atoms with Gasteiger partial charge in [-0.1, -0.05) is 0 Å². The first-order chi connectivity index (χ1) is 12.3. The van der Waals surface area contributed by atoms with Crippen molar-refractivity contribution in [1.29, 1.82) is 0 Å². The van der Waals surface area contributed by atoms with Crippen LogP contribution in [0.25, 0.3) is 11.0 Å². The molecule has 0 spiro atoms. The van der Waals surface area contributed by atoms with E-state index in [2.05, 4.69) is 110 Å². The molecular formula is C21H18N2Se2. The second-order valence-corrected chi connectivity index (χ2v) is 8.76. The van der Waals surface area contributed by atoms with Gasteiger partial charge in [-0.3, -0.25) is 0 Å². The molecule has 0 amide bonds. The zero-order valence-electron chi connectivity index (χ0n) is 13.7. The van der Waals surface area contributed by atoms with Gasteiger partial charge in [-0.15, -0.1) is 0 Å². The summed E-state index contributed by atoms with van der Waals surface area (Å²) in [6, 6.07) is 30.1. The van der Waals surface area contributed by atoms with Gasteiger partial charge in [-0.05, 0) is 0 Å². The van der Waals surface area contributed by atoms with Crippen molar-refractivity contribution in [3.63, 3.8) is 0 Å². The number of fused-ring (bicyclic) bond motifs is 1. The SMILES string of the molecule is [Se]=c1n(C[Se]c2ccccc2)c2ccccc2n1Cc1ccccc1. The van der Waals surface area contributed by atoms with Crippen LogP contribution in [0.1, 0.15) is 5.56 Å². The van der Waals surface area contributed by atoms with Crippen LogP contribution < -0.4 is 4.46 Å². The van der Waals surface area contributed by atoms with Gasteiger partial charge in [0.1, 0.15) is 0 Å². The fraction of sp³-hybridized carbons (Fsp3) is 0.0952. The van der Waals surface area contributed by atoms with Crippen molar-refractivity contribution in [2.75, 3.05) is 0 Å². The Hall–Kier alpha value is -1.83. The van der Waals surface area contributed by atoms with E-state index in [1.165, 1.54) is 25.4 Å². The maximum absolute atomic E-state index is 3.32. The average Bonchev–Trinajstić information content (AvgIpc) is 2.93. The molecule has 2 nitrogen and oxygen atoms in total. The van der Waals surface area contributed by atoms with E-state index in [1.807, 2.05) is 0 Å². The van der Waals surface area contributed by atoms with Crippen molar-refractivity contribution in [2.45, 2.75) is 12.0 Å². The van der Waals surface area contributed by atoms with E-state index in [-0.39, 0.29) is 0 Å². The molecule has 0 bridgehead atoms. The molecule has 0 fully saturated rings. The van der Waals surface area contributed by atoms with Gasteiger partial charge < -0.3 is 0 Å². The summed E-state index contributed by atoms with van der Waals surface area (Å²) < 4.78 is 7.43. The predicted octanol–water partition coefficient (Wildman–Crippen LogP) is 3.18. The van der Waals surface area contributed by atoms with Crippen LogP contribution in [0.2, 0.25) is 0 Å². The second-order valence-electron chi connectivity index (χ2n) is 5.86. The molecule has 1 aromatic heterocycles. The normalized spacial score (nSPS) is 11.0. The quantitative estimate of drug-likeness (QED) is 0.409. The van der Waals surface area contributed by atoms with Crippen molar-refractivity contribution in [2.24, 2.45) is 0 Å². The first kappa shape index (κ1) is 16.6. The first-order valence-corrected chi connectivity index (χ1v) is 11.2. The van der Waals surface area contributed by atoms with E-state index in [4.69, 9.17) is 0 Å². The molecule has 25 heavy (non-hydrogen) atoms. The summed E-state index contributed by atoms with van der Waals surface area (Å²) in [5.74, 6) is 0. The topological polar surface area (TPSA) is 9.86 Å². The average molecular weight is 456 g/mol. The summed E-state index contributed by atoms with van der Waals surface area (Å²) in [5.41, 5.74) is 4.93. The zero-order valence-corrected chi connectivity index (χ0v) is 17.1. The maximum atomic E-state index is 3.32. The minimum absolute atomic E-state index is 0.409. The van der Waals surface area contributed by atoms with Gasteiger partial charge >= 0.3 is 162 Å². The molecule has 0 radical (unpaired) electrons. The van der Waals surface area contributed by atoms with Gasteiger partial charge in [-0.2, -0.15) is 0 Å². The van der Waals surface area contributed by atoms with E-state index in [1.54, 1.807) is 0 Å². The molecular weight excluding hydrogens is 438 g/mol. The molecule has 0 aliphatic rings. The van der Waals surface area contributed by atoms with Crippen LogP contribution in [0, 0.1) is 4.32 Å². The van der Waals surface area contributed by atoms with Crippen molar-refractivity contribution in [1.82, 2.24) is 9.13 Å². The summed E-state index contributed by atoms with van der Waals surface area (Å²) in [7, 11) is 0. The van der Waals surface area contributed by atoms with Gasteiger partial charge in [-0.25, -0.2) is 0 Å². The van der Waals surface area contributed by atoms with E-state index in [0.29, 0.717) is 15.0 Å². The van der Waals surface area contributed by atoms with E-state index >= 15 is 0 Å². The van der Waals surface area contributed by atoms with Crippen LogP contribution in [0.4, 0.5) is 0 Å². The molecule has 0 saturated heterocycles. The number of rotatable bonds is 5. The predicted molar refractivity (Wildman–Crippen MR) is 106 cm³/mol. The number of nitrogens with zero attached hydrogens (tertiary/aromatic N) is 2. The molecule has 0 N–H and O–H groups in total. The van der Waals surface area contributed by atoms with Crippen LogP contribution in [0.15, 0.2) is 84.9 Å². The molecule has 4 heteroatoms. The number of benzene rings is 3. The van der Waals surface area contributed by atoms with E-state index in [9.17, 15) is 0 Å². The van der Waals surface area contributed by atoms with Crippen LogP contribution in [0.3, 0.4) is 0 Å². The number of para-hydroxylation sites is 2. The van der Waals surface area contributed by atoms with E-state index in [0.717, 1.165) is 12.0 Å². The van der Waals surface area contributed by atoms with Gasteiger partial charge in [0.2, 0.25) is 0 Å². The number of hydrogen-bond acceptors (Lipinski definition) is 0. The Balaban J connectivity index is 1.72. The molecule has 4 rings (SSSR count). The van der Waals surface area contributed by atoms with Crippen LogP contribution in [0.5, 0.6) is 0 Å². The Bertz CT molecular complexity index is 1030. The zero-order chi connectivity index (χ0) is 17.1. The fourth-order valence-corrected chi connectivity index (χ4v) is 5.94. The van der Waals surface area contributed by atoms with Crippen molar-refractivity contribution in [3.8, 4) is 0 Å². The molecule has 4 aromatic rings. The third-order valence-corrected chi connectivity index (χ3v) is 7.22. The van der Waals surface area contributed by atoms with Gasteiger partial charge in [0.15, 0.2) is 0 Å². The van der Waals surface area contributed by atoms with Crippen LogP contribution in [-0.2, 0) is 12.0 Å². The van der Waals surface area contributed by atoms with Crippen molar-refractivity contribution >= 4 is 46.0 Å². The van der Waals surface area contributed by atoms with Gasteiger partial charge in [0.25, 0.3) is 0 Å². The Morgan fingerprint density at radius 2 is 1.24 bits per heavy atom. The molecule has 0 unspecified atom stereocenters. The Morgan fingerprint density at radius 1 is 0.680 bits per heavy atom. The van der Waals surface area contributed by atoms with Crippen LogP contribution >= 0.6 is 0 Å². The minimum atomic E-state index is 0.409. The first-order valence-electron chi connectivity index (χ1n) is 8.23. The summed E-state index contributed by atoms with van der Waals surface area (Å²) in [4.78, 5) is 0. The number of aromatic nitrogens is 2. The van der Waals surface area contributed by atoms with Gasteiger partial charge in [0.05, 0.1) is 0 Å². The molecule has 124 valence electrons. The third-order valence-electron chi connectivity index (χ3n) is 4.21. The molecule has 0 atom stereocenters. The molecule has 3 aromatic carbocycles. The number of hydrogen-bond donors (Lipinski definition) is 0. The fourth-order valence-electron chi connectivity index (χ4n) is 2.97.